The fourth-order valence-electron chi connectivity index (χ4n) is 3.37. The lowest BCUT2D eigenvalue weighted by Crippen LogP contribution is -2.32. The van der Waals surface area contributed by atoms with Gasteiger partial charge >= 0.3 is 0 Å². The SMILES string of the molecule is COc1ccc([C@H](O)[C@@H](COc2ccc(C=O)cc2OC)Oc2ccccc2OC)cc1OC. The van der Waals surface area contributed by atoms with E-state index in [1.54, 1.807) is 61.7 Å². The van der Waals surface area contributed by atoms with E-state index in [1.165, 1.54) is 21.3 Å². The van der Waals surface area contributed by atoms with Crippen LogP contribution in [0, 0.1) is 0 Å². The molecule has 0 aliphatic carbocycles. The molecule has 8 nitrogen and oxygen atoms in total. The number of carbonyl (C=O) groups is 1. The number of rotatable bonds is 12. The molecule has 34 heavy (non-hydrogen) atoms. The fourth-order valence-corrected chi connectivity index (χ4v) is 3.37. The lowest BCUT2D eigenvalue weighted by molar-refractivity contribution is 0.00524. The molecule has 1 N–H and O–H groups in total. The molecule has 3 rings (SSSR count). The number of methoxy groups -OCH3 is 4. The zero-order valence-electron chi connectivity index (χ0n) is 19.5. The lowest BCUT2D eigenvalue weighted by atomic mass is 10.0. The Labute approximate surface area is 198 Å². The molecular weight excluding hydrogens is 440 g/mol. The Kier molecular flexibility index (Phi) is 8.59. The molecule has 0 fully saturated rings. The number of carbonyl (C=O) groups excluding carboxylic acids is 1. The molecule has 0 unspecified atom stereocenters. The van der Waals surface area contributed by atoms with Crippen LogP contribution in [0.15, 0.2) is 60.7 Å². The molecule has 0 aromatic heterocycles. The van der Waals surface area contributed by atoms with Crippen molar-refractivity contribution in [3.05, 3.63) is 71.8 Å². The van der Waals surface area contributed by atoms with Crippen LogP contribution < -0.4 is 28.4 Å². The highest BCUT2D eigenvalue weighted by Gasteiger charge is 2.27. The molecule has 3 aromatic rings. The van der Waals surface area contributed by atoms with Crippen LogP contribution >= 0.6 is 0 Å². The molecule has 0 radical (unpaired) electrons. The van der Waals surface area contributed by atoms with Gasteiger partial charge in [-0.1, -0.05) is 18.2 Å². The van der Waals surface area contributed by atoms with Gasteiger partial charge in [0.2, 0.25) is 0 Å². The summed E-state index contributed by atoms with van der Waals surface area (Å²) < 4.78 is 33.5. The topological polar surface area (TPSA) is 92.7 Å². The van der Waals surface area contributed by atoms with Gasteiger partial charge in [-0.2, -0.15) is 0 Å². The van der Waals surface area contributed by atoms with Gasteiger partial charge in [0.15, 0.2) is 40.6 Å². The molecule has 8 heteroatoms. The van der Waals surface area contributed by atoms with Gasteiger partial charge in [-0.25, -0.2) is 0 Å². The zero-order valence-corrected chi connectivity index (χ0v) is 19.5. The summed E-state index contributed by atoms with van der Waals surface area (Å²) in [4.78, 5) is 11.1. The highest BCUT2D eigenvalue weighted by molar-refractivity contribution is 5.76. The molecule has 0 spiro atoms. The van der Waals surface area contributed by atoms with Crippen molar-refractivity contribution >= 4 is 6.29 Å². The normalized spacial score (nSPS) is 12.3. The summed E-state index contributed by atoms with van der Waals surface area (Å²) >= 11 is 0. The highest BCUT2D eigenvalue weighted by atomic mass is 16.6. The van der Waals surface area contributed by atoms with Crippen molar-refractivity contribution in [3.63, 3.8) is 0 Å². The summed E-state index contributed by atoms with van der Waals surface area (Å²) in [5.74, 6) is 2.77. The number of aldehydes is 1. The third-order valence-electron chi connectivity index (χ3n) is 5.18. The molecule has 0 saturated carbocycles. The van der Waals surface area contributed by atoms with Crippen LogP contribution in [0.4, 0.5) is 0 Å². The number of aliphatic hydroxyl groups excluding tert-OH is 1. The minimum Gasteiger partial charge on any atom is -0.493 e. The number of hydrogen-bond donors (Lipinski definition) is 1. The summed E-state index contributed by atoms with van der Waals surface area (Å²) in [5.41, 5.74) is 1.00. The van der Waals surface area contributed by atoms with Crippen molar-refractivity contribution in [2.75, 3.05) is 35.0 Å². The second kappa shape index (κ2) is 11.8. The molecule has 0 saturated heterocycles. The first-order valence-electron chi connectivity index (χ1n) is 10.5. The average molecular weight is 469 g/mol. The van der Waals surface area contributed by atoms with Gasteiger partial charge in [0, 0.05) is 5.56 Å². The van der Waals surface area contributed by atoms with E-state index in [0.29, 0.717) is 45.6 Å². The molecule has 2 atom stereocenters. The quantitative estimate of drug-likeness (QED) is 0.397. The Balaban J connectivity index is 1.91. The minimum atomic E-state index is -1.09. The molecular formula is C26H28O8. The molecule has 0 bridgehead atoms. The summed E-state index contributed by atoms with van der Waals surface area (Å²) in [7, 11) is 6.09. The third kappa shape index (κ3) is 5.71. The Bertz CT molecular complexity index is 1100. The van der Waals surface area contributed by atoms with Gasteiger partial charge in [0.25, 0.3) is 0 Å². The minimum absolute atomic E-state index is 0.0373. The van der Waals surface area contributed by atoms with E-state index in [2.05, 4.69) is 0 Å². The largest absolute Gasteiger partial charge is 0.493 e. The Hall–Kier alpha value is -3.91. The predicted octanol–water partition coefficient (Wildman–Crippen LogP) is 4.09. The van der Waals surface area contributed by atoms with Crippen LogP contribution in [0.1, 0.15) is 22.0 Å². The number of benzene rings is 3. The van der Waals surface area contributed by atoms with Crippen LogP contribution in [0.5, 0.6) is 34.5 Å². The summed E-state index contributed by atoms with van der Waals surface area (Å²) in [5, 5.41) is 11.3. The standard InChI is InChI=1S/C26H28O8/c1-29-19-7-5-6-8-22(19)34-25(16-33-21-11-9-17(15-27)13-23(21)31-3)26(28)18-10-12-20(30-2)24(14-18)32-4/h5-15,25-26,28H,16H2,1-4H3/t25-,26+/m1/s1. The van der Waals surface area contributed by atoms with Crippen LogP contribution in [-0.4, -0.2) is 52.5 Å². The molecule has 0 aliphatic heterocycles. The lowest BCUT2D eigenvalue weighted by Gasteiger charge is -2.26. The number of ether oxygens (including phenoxy) is 6. The molecule has 0 heterocycles. The predicted molar refractivity (Wildman–Crippen MR) is 126 cm³/mol. The van der Waals surface area contributed by atoms with Crippen molar-refractivity contribution in [2.24, 2.45) is 0 Å². The van der Waals surface area contributed by atoms with E-state index in [1.807, 2.05) is 6.07 Å². The van der Waals surface area contributed by atoms with Crippen LogP contribution in [0.25, 0.3) is 0 Å². The Morgan fingerprint density at radius 1 is 0.735 bits per heavy atom. The molecule has 180 valence electrons. The van der Waals surface area contributed by atoms with Crippen LogP contribution in [0.3, 0.4) is 0 Å². The highest BCUT2D eigenvalue weighted by Crippen LogP contribution is 2.35. The molecule has 0 aliphatic rings. The van der Waals surface area contributed by atoms with Gasteiger partial charge in [-0.05, 0) is 48.0 Å². The third-order valence-corrected chi connectivity index (χ3v) is 5.18. The van der Waals surface area contributed by atoms with Gasteiger partial charge in [0.1, 0.15) is 19.0 Å². The summed E-state index contributed by atoms with van der Waals surface area (Å²) in [6.45, 7) is -0.0373. The number of hydrogen-bond acceptors (Lipinski definition) is 8. The maximum atomic E-state index is 11.3. The van der Waals surface area contributed by atoms with Gasteiger partial charge in [-0.3, -0.25) is 4.79 Å². The maximum Gasteiger partial charge on any atom is 0.163 e. The van der Waals surface area contributed by atoms with Crippen LogP contribution in [-0.2, 0) is 0 Å². The Morgan fingerprint density at radius 2 is 1.32 bits per heavy atom. The monoisotopic (exact) mass is 468 g/mol. The van der Waals surface area contributed by atoms with E-state index in [4.69, 9.17) is 28.4 Å². The van der Waals surface area contributed by atoms with Crippen molar-refractivity contribution in [2.45, 2.75) is 12.2 Å². The van der Waals surface area contributed by atoms with E-state index < -0.39 is 12.2 Å². The molecule has 3 aromatic carbocycles. The second-order valence-electron chi connectivity index (χ2n) is 7.21. The van der Waals surface area contributed by atoms with Crippen molar-refractivity contribution in [3.8, 4) is 34.5 Å². The zero-order chi connectivity index (χ0) is 24.5. The average Bonchev–Trinajstić information content (AvgIpc) is 2.90. The second-order valence-corrected chi connectivity index (χ2v) is 7.21. The Morgan fingerprint density at radius 3 is 1.97 bits per heavy atom. The van der Waals surface area contributed by atoms with E-state index in [9.17, 15) is 9.90 Å². The first kappa shape index (κ1) is 24.7. The van der Waals surface area contributed by atoms with E-state index >= 15 is 0 Å². The smallest absolute Gasteiger partial charge is 0.163 e. The van der Waals surface area contributed by atoms with Crippen LogP contribution in [0.2, 0.25) is 0 Å². The van der Waals surface area contributed by atoms with Crippen molar-refractivity contribution in [1.82, 2.24) is 0 Å². The summed E-state index contributed by atoms with van der Waals surface area (Å²) in [6.07, 6.45) is -1.21. The number of aliphatic hydroxyl groups is 1. The summed E-state index contributed by atoms with van der Waals surface area (Å²) in [6, 6.07) is 17.1. The number of para-hydroxylation sites is 2. The van der Waals surface area contributed by atoms with E-state index in [-0.39, 0.29) is 6.61 Å². The maximum absolute atomic E-state index is 11.3. The first-order valence-corrected chi connectivity index (χ1v) is 10.5. The van der Waals surface area contributed by atoms with Gasteiger partial charge < -0.3 is 33.5 Å². The van der Waals surface area contributed by atoms with Gasteiger partial charge in [-0.15, -0.1) is 0 Å². The fraction of sp³-hybridized carbons (Fsp3) is 0.269. The van der Waals surface area contributed by atoms with Gasteiger partial charge in [0.05, 0.1) is 28.4 Å². The van der Waals surface area contributed by atoms with Crippen molar-refractivity contribution in [1.29, 1.82) is 0 Å². The molecule has 0 amide bonds. The first-order chi connectivity index (χ1) is 16.5. The van der Waals surface area contributed by atoms with E-state index in [0.717, 1.165) is 6.29 Å². The van der Waals surface area contributed by atoms with Crippen molar-refractivity contribution < 1.29 is 38.3 Å².